The molecule has 2 rings (SSSR count). The SMILES string of the molecule is N=C(OC(=N)C1CCCCC1)c1cccnc1. The molecule has 1 fully saturated rings. The van der Waals surface area contributed by atoms with Crippen molar-refractivity contribution >= 4 is 11.8 Å². The van der Waals surface area contributed by atoms with Gasteiger partial charge in [0.25, 0.3) is 0 Å². The van der Waals surface area contributed by atoms with E-state index >= 15 is 0 Å². The van der Waals surface area contributed by atoms with Crippen LogP contribution in [0.3, 0.4) is 0 Å². The van der Waals surface area contributed by atoms with Crippen molar-refractivity contribution in [3.05, 3.63) is 30.1 Å². The van der Waals surface area contributed by atoms with Gasteiger partial charge in [-0.1, -0.05) is 19.3 Å². The summed E-state index contributed by atoms with van der Waals surface area (Å²) in [5.41, 5.74) is 0.619. The Kier molecular flexibility index (Phi) is 3.85. The van der Waals surface area contributed by atoms with Crippen LogP contribution in [0.4, 0.5) is 0 Å². The summed E-state index contributed by atoms with van der Waals surface area (Å²) in [5.74, 6) is 0.452. The minimum absolute atomic E-state index is 0.0219. The average molecular weight is 231 g/mol. The molecule has 1 heterocycles. The van der Waals surface area contributed by atoms with Gasteiger partial charge >= 0.3 is 0 Å². The van der Waals surface area contributed by atoms with Crippen molar-refractivity contribution in [1.82, 2.24) is 4.98 Å². The van der Waals surface area contributed by atoms with Crippen LogP contribution in [0.2, 0.25) is 0 Å². The maximum absolute atomic E-state index is 7.88. The van der Waals surface area contributed by atoms with Crippen LogP contribution in [0.15, 0.2) is 24.5 Å². The van der Waals surface area contributed by atoms with Gasteiger partial charge < -0.3 is 4.74 Å². The topological polar surface area (TPSA) is 69.8 Å². The molecule has 0 bridgehead atoms. The minimum atomic E-state index is 0.0219. The quantitative estimate of drug-likeness (QED) is 0.606. The lowest BCUT2D eigenvalue weighted by atomic mass is 9.89. The molecule has 4 nitrogen and oxygen atoms in total. The molecule has 1 aromatic rings. The van der Waals surface area contributed by atoms with E-state index in [2.05, 4.69) is 4.98 Å². The van der Waals surface area contributed by atoms with E-state index in [1.165, 1.54) is 6.42 Å². The van der Waals surface area contributed by atoms with Crippen molar-refractivity contribution in [3.8, 4) is 0 Å². The standard InChI is InChI=1S/C13H17N3O/c14-12(10-5-2-1-3-6-10)17-13(15)11-7-4-8-16-9-11/h4,7-10,14-15H,1-3,5-6H2. The Hall–Kier alpha value is -1.71. The molecule has 1 aromatic heterocycles. The molecule has 0 amide bonds. The number of aromatic nitrogens is 1. The normalized spacial score (nSPS) is 16.5. The maximum atomic E-state index is 7.88. The second-order valence-corrected chi connectivity index (χ2v) is 4.37. The van der Waals surface area contributed by atoms with Crippen LogP contribution in [-0.4, -0.2) is 16.8 Å². The molecular formula is C13H17N3O. The molecule has 1 saturated carbocycles. The number of nitrogens with zero attached hydrogens (tertiary/aromatic N) is 1. The number of pyridine rings is 1. The van der Waals surface area contributed by atoms with Crippen LogP contribution < -0.4 is 0 Å². The van der Waals surface area contributed by atoms with Crippen LogP contribution in [0.5, 0.6) is 0 Å². The summed E-state index contributed by atoms with van der Waals surface area (Å²) in [5, 5.41) is 15.7. The number of hydrogen-bond acceptors (Lipinski definition) is 4. The highest BCUT2D eigenvalue weighted by Crippen LogP contribution is 2.25. The van der Waals surface area contributed by atoms with Crippen LogP contribution in [-0.2, 0) is 4.74 Å². The van der Waals surface area contributed by atoms with Gasteiger partial charge in [-0.2, -0.15) is 0 Å². The van der Waals surface area contributed by atoms with Crippen molar-refractivity contribution in [3.63, 3.8) is 0 Å². The van der Waals surface area contributed by atoms with E-state index in [0.717, 1.165) is 25.7 Å². The summed E-state index contributed by atoms with van der Waals surface area (Å²) in [7, 11) is 0. The Bertz CT molecular complexity index is 396. The highest BCUT2D eigenvalue weighted by Gasteiger charge is 2.20. The molecule has 1 aliphatic carbocycles. The van der Waals surface area contributed by atoms with Gasteiger partial charge in [0.15, 0.2) is 5.90 Å². The summed E-state index contributed by atoms with van der Waals surface area (Å²) in [6, 6.07) is 3.53. The zero-order valence-corrected chi connectivity index (χ0v) is 9.78. The third-order valence-corrected chi connectivity index (χ3v) is 3.11. The van der Waals surface area contributed by atoms with Gasteiger partial charge in [-0.15, -0.1) is 0 Å². The van der Waals surface area contributed by atoms with Crippen LogP contribution in [0.1, 0.15) is 37.7 Å². The molecule has 0 unspecified atom stereocenters. The van der Waals surface area contributed by atoms with E-state index in [1.807, 2.05) is 0 Å². The predicted molar refractivity (Wildman–Crippen MR) is 66.5 cm³/mol. The Morgan fingerprint density at radius 2 is 2.00 bits per heavy atom. The zero-order chi connectivity index (χ0) is 12.1. The zero-order valence-electron chi connectivity index (χ0n) is 9.78. The van der Waals surface area contributed by atoms with E-state index in [1.54, 1.807) is 24.5 Å². The third kappa shape index (κ3) is 3.12. The van der Waals surface area contributed by atoms with Gasteiger partial charge in [-0.05, 0) is 25.0 Å². The van der Waals surface area contributed by atoms with Gasteiger partial charge in [0.1, 0.15) is 0 Å². The molecule has 1 aliphatic rings. The number of rotatable bonds is 2. The minimum Gasteiger partial charge on any atom is -0.425 e. The number of ether oxygens (including phenoxy) is 1. The Labute approximate surface area is 101 Å². The maximum Gasteiger partial charge on any atom is 0.222 e. The molecule has 0 aliphatic heterocycles. The smallest absolute Gasteiger partial charge is 0.222 e. The van der Waals surface area contributed by atoms with Gasteiger partial charge in [0, 0.05) is 18.3 Å². The number of hydrogen-bond donors (Lipinski definition) is 2. The Morgan fingerprint density at radius 1 is 1.24 bits per heavy atom. The molecule has 2 N–H and O–H groups in total. The molecule has 4 heteroatoms. The second-order valence-electron chi connectivity index (χ2n) is 4.37. The second kappa shape index (κ2) is 5.57. The largest absolute Gasteiger partial charge is 0.425 e. The lowest BCUT2D eigenvalue weighted by molar-refractivity contribution is 0.380. The molecule has 17 heavy (non-hydrogen) atoms. The van der Waals surface area contributed by atoms with Crippen LogP contribution in [0.25, 0.3) is 0 Å². The van der Waals surface area contributed by atoms with Crippen molar-refractivity contribution < 1.29 is 4.74 Å². The van der Waals surface area contributed by atoms with E-state index in [9.17, 15) is 0 Å². The lowest BCUT2D eigenvalue weighted by Gasteiger charge is -2.21. The van der Waals surface area contributed by atoms with Crippen LogP contribution >= 0.6 is 0 Å². The Balaban J connectivity index is 1.92. The number of nitrogens with one attached hydrogen (secondary N) is 2. The van der Waals surface area contributed by atoms with Crippen molar-refractivity contribution in [2.45, 2.75) is 32.1 Å². The summed E-state index contributed by atoms with van der Waals surface area (Å²) >= 11 is 0. The molecular weight excluding hydrogens is 214 g/mol. The first-order valence-corrected chi connectivity index (χ1v) is 6.02. The monoisotopic (exact) mass is 231 g/mol. The van der Waals surface area contributed by atoms with E-state index in [-0.39, 0.29) is 17.7 Å². The first kappa shape index (κ1) is 11.8. The van der Waals surface area contributed by atoms with Gasteiger partial charge in [-0.3, -0.25) is 15.8 Å². The van der Waals surface area contributed by atoms with Crippen LogP contribution in [0, 0.1) is 16.7 Å². The average Bonchev–Trinajstić information content (AvgIpc) is 2.40. The molecule has 0 aromatic carbocycles. The van der Waals surface area contributed by atoms with Crippen molar-refractivity contribution in [2.24, 2.45) is 5.92 Å². The van der Waals surface area contributed by atoms with E-state index in [4.69, 9.17) is 15.6 Å². The first-order valence-electron chi connectivity index (χ1n) is 6.02. The molecule has 90 valence electrons. The summed E-state index contributed by atoms with van der Waals surface area (Å²) < 4.78 is 5.30. The highest BCUT2D eigenvalue weighted by atomic mass is 16.5. The van der Waals surface area contributed by atoms with E-state index < -0.39 is 0 Å². The summed E-state index contributed by atoms with van der Waals surface area (Å²) in [6.07, 6.45) is 8.84. The van der Waals surface area contributed by atoms with E-state index in [0.29, 0.717) is 5.56 Å². The molecule has 0 spiro atoms. The predicted octanol–water partition coefficient (Wildman–Crippen LogP) is 2.98. The third-order valence-electron chi connectivity index (χ3n) is 3.11. The fourth-order valence-corrected chi connectivity index (χ4v) is 2.11. The molecule has 0 saturated heterocycles. The van der Waals surface area contributed by atoms with Gasteiger partial charge in [0.2, 0.25) is 5.90 Å². The fourth-order valence-electron chi connectivity index (χ4n) is 2.11. The fraction of sp³-hybridized carbons (Fsp3) is 0.462. The summed E-state index contributed by atoms with van der Waals surface area (Å²) in [4.78, 5) is 3.93. The van der Waals surface area contributed by atoms with Gasteiger partial charge in [0.05, 0.1) is 5.56 Å². The lowest BCUT2D eigenvalue weighted by Crippen LogP contribution is -2.22. The highest BCUT2D eigenvalue weighted by molar-refractivity contribution is 5.99. The van der Waals surface area contributed by atoms with Crippen molar-refractivity contribution in [1.29, 1.82) is 10.8 Å². The van der Waals surface area contributed by atoms with Gasteiger partial charge in [-0.25, -0.2) is 0 Å². The Morgan fingerprint density at radius 3 is 2.65 bits per heavy atom. The first-order chi connectivity index (χ1) is 8.27. The molecule has 0 atom stereocenters. The van der Waals surface area contributed by atoms with Crippen molar-refractivity contribution in [2.75, 3.05) is 0 Å². The summed E-state index contributed by atoms with van der Waals surface area (Å²) in [6.45, 7) is 0. The molecule has 0 radical (unpaired) electrons.